The Morgan fingerprint density at radius 2 is 1.95 bits per heavy atom. The van der Waals surface area contributed by atoms with Gasteiger partial charge in [0.25, 0.3) is 5.90 Å². The van der Waals surface area contributed by atoms with Gasteiger partial charge >= 0.3 is 0 Å². The van der Waals surface area contributed by atoms with Crippen molar-refractivity contribution in [2.75, 3.05) is 0 Å². The molecule has 2 heterocycles. The van der Waals surface area contributed by atoms with E-state index in [0.29, 0.717) is 5.90 Å². The molecule has 1 aromatic heterocycles. The van der Waals surface area contributed by atoms with Gasteiger partial charge in [0.15, 0.2) is 5.82 Å². The molecular weight excluding hydrogens is 274 g/mol. The Hall–Kier alpha value is -1.84. The molecule has 3 rings (SSSR count). The summed E-state index contributed by atoms with van der Waals surface area (Å²) in [6, 6.07) is 3.83. The van der Waals surface area contributed by atoms with Crippen molar-refractivity contribution in [3.05, 3.63) is 41.5 Å². The Morgan fingerprint density at radius 3 is 2.68 bits per heavy atom. The fourth-order valence-electron chi connectivity index (χ4n) is 3.25. The van der Waals surface area contributed by atoms with Crippen LogP contribution < -0.4 is 5.48 Å². The second kappa shape index (κ2) is 7.43. The van der Waals surface area contributed by atoms with E-state index in [-0.39, 0.29) is 0 Å². The highest BCUT2D eigenvalue weighted by Crippen LogP contribution is 2.33. The molecule has 0 aromatic carbocycles. The monoisotopic (exact) mass is 299 g/mol. The van der Waals surface area contributed by atoms with E-state index >= 15 is 0 Å². The Bertz CT molecular complexity index is 541. The van der Waals surface area contributed by atoms with Crippen LogP contribution in [0.25, 0.3) is 0 Å². The quantitative estimate of drug-likeness (QED) is 0.822. The molecule has 0 radical (unpaired) electrons. The summed E-state index contributed by atoms with van der Waals surface area (Å²) in [6.07, 6.45) is 13.9. The minimum Gasteiger partial charge on any atom is -0.359 e. The topological polar surface area (TPSA) is 46.5 Å². The maximum atomic E-state index is 5.53. The van der Waals surface area contributed by atoms with Crippen LogP contribution in [0.3, 0.4) is 0 Å². The molecule has 1 aliphatic carbocycles. The highest BCUT2D eigenvalue weighted by atomic mass is 16.7. The third-order valence-corrected chi connectivity index (χ3v) is 4.64. The van der Waals surface area contributed by atoms with Crippen molar-refractivity contribution in [2.45, 2.75) is 58.3 Å². The molecule has 0 saturated heterocycles. The van der Waals surface area contributed by atoms with Gasteiger partial charge in [-0.05, 0) is 49.3 Å². The van der Waals surface area contributed by atoms with Crippen molar-refractivity contribution in [2.24, 2.45) is 10.9 Å². The van der Waals surface area contributed by atoms with E-state index in [1.165, 1.54) is 44.1 Å². The van der Waals surface area contributed by atoms with Crippen molar-refractivity contribution >= 4 is 5.90 Å². The zero-order chi connectivity index (χ0) is 15.2. The highest BCUT2D eigenvalue weighted by molar-refractivity contribution is 5.95. The van der Waals surface area contributed by atoms with Crippen molar-refractivity contribution in [1.82, 2.24) is 10.5 Å². The number of nitrogens with zero attached hydrogens (tertiary/aromatic N) is 2. The summed E-state index contributed by atoms with van der Waals surface area (Å²) in [7, 11) is 0. The third-order valence-electron chi connectivity index (χ3n) is 4.64. The Balaban J connectivity index is 1.58. The average Bonchev–Trinajstić information content (AvgIpc) is 3.07. The van der Waals surface area contributed by atoms with E-state index in [1.54, 1.807) is 12.4 Å². The maximum absolute atomic E-state index is 5.53. The second-order valence-corrected chi connectivity index (χ2v) is 6.25. The number of hydroxylamine groups is 1. The molecule has 1 aliphatic heterocycles. The van der Waals surface area contributed by atoms with E-state index in [0.717, 1.165) is 30.1 Å². The lowest BCUT2D eigenvalue weighted by atomic mass is 9.83. The first kappa shape index (κ1) is 15.1. The third kappa shape index (κ3) is 3.67. The van der Waals surface area contributed by atoms with Gasteiger partial charge in [0.1, 0.15) is 0 Å². The average molecular weight is 299 g/mol. The van der Waals surface area contributed by atoms with Gasteiger partial charge in [-0.25, -0.2) is 5.48 Å². The normalized spacial score (nSPS) is 21.3. The summed E-state index contributed by atoms with van der Waals surface area (Å²) in [5, 5.41) is 0. The second-order valence-electron chi connectivity index (χ2n) is 6.25. The predicted octanol–water partition coefficient (Wildman–Crippen LogP) is 4.35. The zero-order valence-electron chi connectivity index (χ0n) is 13.3. The number of aromatic nitrogens is 1. The molecule has 22 heavy (non-hydrogen) atoms. The van der Waals surface area contributed by atoms with Crippen molar-refractivity contribution in [3.63, 3.8) is 0 Å². The molecule has 0 bridgehead atoms. The van der Waals surface area contributed by atoms with Crippen molar-refractivity contribution in [1.29, 1.82) is 0 Å². The number of rotatable bonds is 5. The summed E-state index contributed by atoms with van der Waals surface area (Å²) in [6.45, 7) is 2.27. The number of pyridine rings is 1. The molecule has 0 spiro atoms. The summed E-state index contributed by atoms with van der Waals surface area (Å²) >= 11 is 0. The standard InChI is InChI=1S/C18H25N3O/c1-2-3-4-5-14-6-8-15(9-7-14)17-20-18(22-21-17)16-10-12-19-13-11-16/h10-14,21H,2-9H2,1H3. The van der Waals surface area contributed by atoms with Gasteiger partial charge in [0.2, 0.25) is 0 Å². The molecule has 0 atom stereocenters. The molecule has 1 N–H and O–H groups in total. The molecule has 1 saturated carbocycles. The van der Waals surface area contributed by atoms with Gasteiger partial charge in [-0.2, -0.15) is 4.99 Å². The molecule has 2 aliphatic rings. The van der Waals surface area contributed by atoms with Crippen molar-refractivity contribution < 1.29 is 4.84 Å². The van der Waals surface area contributed by atoms with E-state index in [1.807, 2.05) is 12.1 Å². The number of unbranched alkanes of at least 4 members (excludes halogenated alkanes) is 2. The van der Waals surface area contributed by atoms with E-state index in [9.17, 15) is 0 Å². The van der Waals surface area contributed by atoms with Crippen LogP contribution in [0, 0.1) is 5.92 Å². The first-order valence-corrected chi connectivity index (χ1v) is 8.50. The lowest BCUT2D eigenvalue weighted by Crippen LogP contribution is -2.14. The Kier molecular flexibility index (Phi) is 5.09. The van der Waals surface area contributed by atoms with Gasteiger partial charge in [-0.15, -0.1) is 0 Å². The van der Waals surface area contributed by atoms with Crippen LogP contribution in [0.5, 0.6) is 0 Å². The molecule has 1 aromatic rings. The van der Waals surface area contributed by atoms with E-state index < -0.39 is 0 Å². The van der Waals surface area contributed by atoms with Crippen LogP contribution in [0.4, 0.5) is 0 Å². The number of allylic oxidation sites excluding steroid dienone is 1. The lowest BCUT2D eigenvalue weighted by Gasteiger charge is -2.24. The van der Waals surface area contributed by atoms with Gasteiger partial charge in [-0.3, -0.25) is 4.98 Å². The van der Waals surface area contributed by atoms with Crippen LogP contribution in [-0.2, 0) is 4.84 Å². The number of hydrogen-bond acceptors (Lipinski definition) is 4. The fourth-order valence-corrected chi connectivity index (χ4v) is 3.25. The number of nitrogens with one attached hydrogen (secondary N) is 1. The first-order valence-electron chi connectivity index (χ1n) is 8.50. The van der Waals surface area contributed by atoms with Gasteiger partial charge in [0, 0.05) is 18.0 Å². The van der Waals surface area contributed by atoms with Gasteiger partial charge in [0.05, 0.1) is 0 Å². The Labute approximate surface area is 132 Å². The summed E-state index contributed by atoms with van der Waals surface area (Å²) in [4.78, 5) is 14.2. The van der Waals surface area contributed by atoms with Crippen LogP contribution in [0.1, 0.15) is 63.9 Å². The minimum atomic E-state index is 0.648. The predicted molar refractivity (Wildman–Crippen MR) is 88.1 cm³/mol. The van der Waals surface area contributed by atoms with Gasteiger partial charge < -0.3 is 4.84 Å². The highest BCUT2D eigenvalue weighted by Gasteiger charge is 2.22. The van der Waals surface area contributed by atoms with E-state index in [2.05, 4.69) is 22.4 Å². The van der Waals surface area contributed by atoms with E-state index in [4.69, 9.17) is 4.84 Å². The van der Waals surface area contributed by atoms with Crippen LogP contribution >= 0.6 is 0 Å². The van der Waals surface area contributed by atoms with Crippen molar-refractivity contribution in [3.8, 4) is 0 Å². The summed E-state index contributed by atoms with van der Waals surface area (Å²) in [5.74, 6) is 2.48. The molecule has 4 heteroatoms. The largest absolute Gasteiger partial charge is 0.359 e. The molecule has 0 unspecified atom stereocenters. The lowest BCUT2D eigenvalue weighted by molar-refractivity contribution is 0.234. The van der Waals surface area contributed by atoms with Crippen LogP contribution in [0.15, 0.2) is 40.9 Å². The minimum absolute atomic E-state index is 0.648. The SMILES string of the molecule is CCCCCC1CCC(=C2N=C(c3ccncc3)ON2)CC1. The molecule has 0 amide bonds. The van der Waals surface area contributed by atoms with Gasteiger partial charge in [-0.1, -0.05) is 32.6 Å². The number of hydrogen-bond donors (Lipinski definition) is 1. The van der Waals surface area contributed by atoms with Crippen LogP contribution in [0.2, 0.25) is 0 Å². The molecular formula is C18H25N3O. The maximum Gasteiger partial charge on any atom is 0.255 e. The summed E-state index contributed by atoms with van der Waals surface area (Å²) < 4.78 is 0. The number of aliphatic imine (C=N–C) groups is 1. The first-order chi connectivity index (χ1) is 10.9. The molecule has 118 valence electrons. The van der Waals surface area contributed by atoms with Crippen LogP contribution in [-0.4, -0.2) is 10.9 Å². The Morgan fingerprint density at radius 1 is 1.18 bits per heavy atom. The fraction of sp³-hybridized carbons (Fsp3) is 0.556. The zero-order valence-corrected chi connectivity index (χ0v) is 13.3. The molecule has 1 fully saturated rings. The smallest absolute Gasteiger partial charge is 0.255 e. The molecule has 4 nitrogen and oxygen atoms in total. The summed E-state index contributed by atoms with van der Waals surface area (Å²) in [5.41, 5.74) is 5.37.